The zero-order valence-corrected chi connectivity index (χ0v) is 12.5. The van der Waals surface area contributed by atoms with E-state index in [0.717, 1.165) is 30.6 Å². The van der Waals surface area contributed by atoms with Gasteiger partial charge in [-0.05, 0) is 44.5 Å². The van der Waals surface area contributed by atoms with Crippen LogP contribution in [0.5, 0.6) is 0 Å². The molecule has 0 spiro atoms. The van der Waals surface area contributed by atoms with Gasteiger partial charge in [-0.25, -0.2) is 0 Å². The summed E-state index contributed by atoms with van der Waals surface area (Å²) in [6, 6.07) is 14.6. The molecule has 2 aromatic carbocycles. The third-order valence-corrected chi connectivity index (χ3v) is 4.37. The maximum Gasteiger partial charge on any atom is 0.0998 e. The largest absolute Gasteiger partial charge is 0.371 e. The highest BCUT2D eigenvalue weighted by Gasteiger charge is 2.21. The molecule has 108 valence electrons. The zero-order chi connectivity index (χ0) is 14.7. The molecule has 21 heavy (non-hydrogen) atoms. The predicted molar refractivity (Wildman–Crippen MR) is 87.5 cm³/mol. The number of rotatable bonds is 3. The second kappa shape index (κ2) is 6.15. The quantitative estimate of drug-likeness (QED) is 0.938. The molecule has 3 rings (SSSR count). The van der Waals surface area contributed by atoms with Crippen molar-refractivity contribution in [3.05, 3.63) is 42.0 Å². The van der Waals surface area contributed by atoms with Gasteiger partial charge in [-0.1, -0.05) is 24.3 Å². The third kappa shape index (κ3) is 2.72. The predicted octanol–water partition coefficient (Wildman–Crippen LogP) is 3.15. The van der Waals surface area contributed by atoms with E-state index in [1.54, 1.807) is 0 Å². The minimum absolute atomic E-state index is 0.707. The van der Waals surface area contributed by atoms with E-state index in [4.69, 9.17) is 0 Å². The van der Waals surface area contributed by atoms with Crippen LogP contribution in [0.3, 0.4) is 0 Å². The van der Waals surface area contributed by atoms with E-state index in [2.05, 4.69) is 34.5 Å². The summed E-state index contributed by atoms with van der Waals surface area (Å²) in [6.07, 6.45) is 2.53. The van der Waals surface area contributed by atoms with Crippen LogP contribution in [-0.2, 0) is 0 Å². The Morgan fingerprint density at radius 3 is 2.81 bits per heavy atom. The van der Waals surface area contributed by atoms with Crippen LogP contribution in [0.25, 0.3) is 10.8 Å². The first-order chi connectivity index (χ1) is 10.3. The van der Waals surface area contributed by atoms with Crippen LogP contribution < -0.4 is 10.2 Å². The van der Waals surface area contributed by atoms with Crippen LogP contribution >= 0.6 is 0 Å². The topological polar surface area (TPSA) is 39.1 Å². The highest BCUT2D eigenvalue weighted by Crippen LogP contribution is 2.32. The molecule has 1 heterocycles. The minimum atomic E-state index is 0.707. The molecule has 1 N–H and O–H groups in total. The van der Waals surface area contributed by atoms with Crippen LogP contribution in [0.4, 0.5) is 5.69 Å². The van der Waals surface area contributed by atoms with Gasteiger partial charge in [-0.2, -0.15) is 5.26 Å². The first kappa shape index (κ1) is 13.9. The normalized spacial score (nSPS) is 18.7. The van der Waals surface area contributed by atoms with Gasteiger partial charge in [0.05, 0.1) is 11.6 Å². The molecule has 1 aliphatic rings. The Kier molecular flexibility index (Phi) is 4.08. The summed E-state index contributed by atoms with van der Waals surface area (Å²) in [6.45, 7) is 3.28. The van der Waals surface area contributed by atoms with Crippen molar-refractivity contribution in [1.82, 2.24) is 5.32 Å². The van der Waals surface area contributed by atoms with Gasteiger partial charge in [0, 0.05) is 29.5 Å². The van der Waals surface area contributed by atoms with E-state index in [9.17, 15) is 5.26 Å². The number of hydrogen-bond donors (Lipinski definition) is 1. The standard InChI is InChI=1S/C18H21N3/c1-20-12-14-5-4-10-21(13-14)18-9-8-15(11-19)16-6-2-3-7-17(16)18/h2-3,6-9,14,20H,4-5,10,12-13H2,1H3. The van der Waals surface area contributed by atoms with Gasteiger partial charge in [-0.3, -0.25) is 0 Å². The molecule has 3 heteroatoms. The Bertz CT molecular complexity index is 670. The molecule has 1 unspecified atom stereocenters. The molecule has 1 fully saturated rings. The lowest BCUT2D eigenvalue weighted by atomic mass is 9.96. The Balaban J connectivity index is 1.99. The van der Waals surface area contributed by atoms with Crippen molar-refractivity contribution >= 4 is 16.5 Å². The Labute approximate surface area is 126 Å². The fourth-order valence-corrected chi connectivity index (χ4v) is 3.40. The van der Waals surface area contributed by atoms with E-state index in [-0.39, 0.29) is 0 Å². The van der Waals surface area contributed by atoms with Crippen molar-refractivity contribution < 1.29 is 0 Å². The molecule has 3 nitrogen and oxygen atoms in total. The smallest absolute Gasteiger partial charge is 0.0998 e. The molecule has 0 aromatic heterocycles. The molecule has 0 aliphatic carbocycles. The number of hydrogen-bond acceptors (Lipinski definition) is 3. The number of nitriles is 1. The van der Waals surface area contributed by atoms with Crippen molar-refractivity contribution in [1.29, 1.82) is 5.26 Å². The van der Waals surface area contributed by atoms with E-state index >= 15 is 0 Å². The van der Waals surface area contributed by atoms with E-state index in [1.165, 1.54) is 23.9 Å². The minimum Gasteiger partial charge on any atom is -0.371 e. The molecule has 0 amide bonds. The Morgan fingerprint density at radius 2 is 2.05 bits per heavy atom. The number of nitrogens with one attached hydrogen (secondary N) is 1. The molecule has 0 radical (unpaired) electrons. The summed E-state index contributed by atoms with van der Waals surface area (Å²) < 4.78 is 0. The number of fused-ring (bicyclic) bond motifs is 1. The van der Waals surface area contributed by atoms with Gasteiger partial charge in [-0.15, -0.1) is 0 Å². The summed E-state index contributed by atoms with van der Waals surface area (Å²) in [5.74, 6) is 0.707. The number of anilines is 1. The average Bonchev–Trinajstić information content (AvgIpc) is 2.54. The van der Waals surface area contributed by atoms with Crippen molar-refractivity contribution in [3.63, 3.8) is 0 Å². The van der Waals surface area contributed by atoms with Gasteiger partial charge in [0.1, 0.15) is 0 Å². The highest BCUT2D eigenvalue weighted by atomic mass is 15.1. The monoisotopic (exact) mass is 279 g/mol. The number of nitrogens with zero attached hydrogens (tertiary/aromatic N) is 2. The second-order valence-electron chi connectivity index (χ2n) is 5.80. The summed E-state index contributed by atoms with van der Waals surface area (Å²) in [4.78, 5) is 2.48. The maximum absolute atomic E-state index is 9.28. The second-order valence-corrected chi connectivity index (χ2v) is 5.80. The van der Waals surface area contributed by atoms with Crippen LogP contribution in [0.1, 0.15) is 18.4 Å². The lowest BCUT2D eigenvalue weighted by Crippen LogP contribution is -2.39. The van der Waals surface area contributed by atoms with Crippen LogP contribution in [0, 0.1) is 17.2 Å². The summed E-state index contributed by atoms with van der Waals surface area (Å²) in [7, 11) is 2.02. The molecular weight excluding hydrogens is 258 g/mol. The lowest BCUT2D eigenvalue weighted by Gasteiger charge is -2.35. The van der Waals surface area contributed by atoms with Gasteiger partial charge >= 0.3 is 0 Å². The van der Waals surface area contributed by atoms with Crippen molar-refractivity contribution in [2.24, 2.45) is 5.92 Å². The molecular formula is C18H21N3. The van der Waals surface area contributed by atoms with Crippen LogP contribution in [-0.4, -0.2) is 26.7 Å². The van der Waals surface area contributed by atoms with E-state index in [1.807, 2.05) is 25.2 Å². The SMILES string of the molecule is CNCC1CCCN(c2ccc(C#N)c3ccccc23)C1. The van der Waals surface area contributed by atoms with E-state index in [0.29, 0.717) is 5.92 Å². The third-order valence-electron chi connectivity index (χ3n) is 4.37. The van der Waals surface area contributed by atoms with Gasteiger partial charge in [0.25, 0.3) is 0 Å². The number of benzene rings is 2. The average molecular weight is 279 g/mol. The first-order valence-corrected chi connectivity index (χ1v) is 7.65. The maximum atomic E-state index is 9.28. The number of piperidine rings is 1. The molecule has 1 saturated heterocycles. The van der Waals surface area contributed by atoms with Crippen molar-refractivity contribution in [3.8, 4) is 6.07 Å². The van der Waals surface area contributed by atoms with Crippen LogP contribution in [0.15, 0.2) is 36.4 Å². The molecule has 1 aliphatic heterocycles. The fourth-order valence-electron chi connectivity index (χ4n) is 3.40. The lowest BCUT2D eigenvalue weighted by molar-refractivity contribution is 0.403. The fraction of sp³-hybridized carbons (Fsp3) is 0.389. The summed E-state index contributed by atoms with van der Waals surface area (Å²) in [5.41, 5.74) is 2.03. The Hall–Kier alpha value is -2.05. The molecule has 0 saturated carbocycles. The Morgan fingerprint density at radius 1 is 1.24 bits per heavy atom. The van der Waals surface area contributed by atoms with E-state index < -0.39 is 0 Å². The molecule has 1 atom stereocenters. The highest BCUT2D eigenvalue weighted by molar-refractivity contribution is 5.97. The van der Waals surface area contributed by atoms with Gasteiger partial charge in [0.15, 0.2) is 0 Å². The molecule has 2 aromatic rings. The zero-order valence-electron chi connectivity index (χ0n) is 12.5. The summed E-state index contributed by atoms with van der Waals surface area (Å²) >= 11 is 0. The first-order valence-electron chi connectivity index (χ1n) is 7.65. The van der Waals surface area contributed by atoms with Crippen molar-refractivity contribution in [2.75, 3.05) is 31.6 Å². The molecule has 0 bridgehead atoms. The van der Waals surface area contributed by atoms with Crippen molar-refractivity contribution in [2.45, 2.75) is 12.8 Å². The summed E-state index contributed by atoms with van der Waals surface area (Å²) in [5, 5.41) is 14.8. The van der Waals surface area contributed by atoms with Crippen LogP contribution in [0.2, 0.25) is 0 Å². The van der Waals surface area contributed by atoms with Gasteiger partial charge in [0.2, 0.25) is 0 Å². The van der Waals surface area contributed by atoms with Gasteiger partial charge < -0.3 is 10.2 Å².